The average Bonchev–Trinajstić information content (AvgIpc) is 3.06. The molecule has 0 unspecified atom stereocenters. The van der Waals surface area contributed by atoms with Crippen molar-refractivity contribution in [3.05, 3.63) is 95.1 Å². The van der Waals surface area contributed by atoms with Gasteiger partial charge in [-0.1, -0.05) is 62.2 Å². The highest BCUT2D eigenvalue weighted by Crippen LogP contribution is 2.27. The number of nitrogens with one attached hydrogen (secondary N) is 2. The predicted octanol–water partition coefficient (Wildman–Crippen LogP) is 5.06. The lowest BCUT2D eigenvalue weighted by Gasteiger charge is -2.37. The van der Waals surface area contributed by atoms with E-state index in [0.29, 0.717) is 23.4 Å². The van der Waals surface area contributed by atoms with Crippen molar-refractivity contribution in [3.63, 3.8) is 0 Å². The van der Waals surface area contributed by atoms with Crippen LogP contribution in [0.5, 0.6) is 0 Å². The molecule has 3 aromatic rings. The molecule has 0 aromatic heterocycles. The number of carbonyl (C=O) groups is 2. The highest BCUT2D eigenvalue weighted by Gasteiger charge is 2.23. The van der Waals surface area contributed by atoms with Crippen LogP contribution >= 0.6 is 0 Å². The molecule has 2 amide bonds. The van der Waals surface area contributed by atoms with E-state index in [4.69, 9.17) is 4.74 Å². The van der Waals surface area contributed by atoms with Crippen LogP contribution in [-0.2, 0) is 17.7 Å². The van der Waals surface area contributed by atoms with Crippen LogP contribution in [-0.4, -0.2) is 87.2 Å². The Labute approximate surface area is 262 Å². The van der Waals surface area contributed by atoms with E-state index in [1.54, 1.807) is 0 Å². The number of carbonyl (C=O) groups excluding carboxylic acids is 2. The topological polar surface area (TPSA) is 77.2 Å². The highest BCUT2D eigenvalue weighted by molar-refractivity contribution is 6.06. The first kappa shape index (κ1) is 31.7. The number of anilines is 2. The first-order valence-corrected chi connectivity index (χ1v) is 16.2. The van der Waals surface area contributed by atoms with Crippen molar-refractivity contribution in [1.82, 2.24) is 15.1 Å². The average molecular weight is 598 g/mol. The molecule has 2 saturated heterocycles. The van der Waals surface area contributed by atoms with Crippen LogP contribution < -0.4 is 15.5 Å². The van der Waals surface area contributed by atoms with Gasteiger partial charge in [0.25, 0.3) is 11.8 Å². The fraction of sp³-hybridized carbons (Fsp3) is 0.444. The van der Waals surface area contributed by atoms with Gasteiger partial charge in [0.1, 0.15) is 0 Å². The van der Waals surface area contributed by atoms with Gasteiger partial charge in [0.2, 0.25) is 0 Å². The van der Waals surface area contributed by atoms with E-state index in [-0.39, 0.29) is 11.8 Å². The summed E-state index contributed by atoms with van der Waals surface area (Å²) in [6, 6.07) is 24.1. The normalized spacial score (nSPS) is 16.1. The largest absolute Gasteiger partial charge is 0.379 e. The molecule has 8 nitrogen and oxygen atoms in total. The van der Waals surface area contributed by atoms with Crippen LogP contribution in [0.2, 0.25) is 0 Å². The molecule has 234 valence electrons. The molecule has 2 fully saturated rings. The summed E-state index contributed by atoms with van der Waals surface area (Å²) in [5.41, 5.74) is 5.29. The van der Waals surface area contributed by atoms with E-state index in [2.05, 4.69) is 56.5 Å². The second kappa shape index (κ2) is 16.4. The van der Waals surface area contributed by atoms with Gasteiger partial charge in [-0.05, 0) is 54.3 Å². The number of aryl methyl sites for hydroxylation is 1. The third kappa shape index (κ3) is 9.14. The quantitative estimate of drug-likeness (QED) is 0.269. The first-order valence-electron chi connectivity index (χ1n) is 16.2. The van der Waals surface area contributed by atoms with Crippen LogP contribution in [0.25, 0.3) is 0 Å². The molecule has 5 rings (SSSR count). The summed E-state index contributed by atoms with van der Waals surface area (Å²) in [4.78, 5) is 33.8. The van der Waals surface area contributed by atoms with Crippen LogP contribution in [0.1, 0.15) is 58.0 Å². The first-order chi connectivity index (χ1) is 21.6. The maximum Gasteiger partial charge on any atom is 0.255 e. The van der Waals surface area contributed by atoms with Crippen LogP contribution in [0.4, 0.5) is 11.4 Å². The fourth-order valence-corrected chi connectivity index (χ4v) is 5.91. The second-order valence-corrected chi connectivity index (χ2v) is 11.8. The van der Waals surface area contributed by atoms with Crippen LogP contribution in [0, 0.1) is 0 Å². The number of hydrogen-bond acceptors (Lipinski definition) is 6. The molecule has 0 bridgehead atoms. The Bertz CT molecular complexity index is 1330. The van der Waals surface area contributed by atoms with Gasteiger partial charge in [-0.15, -0.1) is 0 Å². The lowest BCUT2D eigenvalue weighted by Crippen LogP contribution is -2.46. The zero-order valence-electron chi connectivity index (χ0n) is 26.1. The molecular formula is C36H47N5O3. The second-order valence-electron chi connectivity index (χ2n) is 11.8. The van der Waals surface area contributed by atoms with Gasteiger partial charge < -0.3 is 20.3 Å². The Balaban J connectivity index is 1.25. The van der Waals surface area contributed by atoms with Gasteiger partial charge in [0.15, 0.2) is 0 Å². The molecule has 2 aliphatic rings. The Kier molecular flexibility index (Phi) is 11.8. The zero-order valence-corrected chi connectivity index (χ0v) is 26.1. The minimum Gasteiger partial charge on any atom is -0.379 e. The minimum absolute atomic E-state index is 0.118. The van der Waals surface area contributed by atoms with E-state index in [0.717, 1.165) is 84.1 Å². The summed E-state index contributed by atoms with van der Waals surface area (Å²) in [5, 5.41) is 6.17. The van der Waals surface area contributed by atoms with Gasteiger partial charge >= 0.3 is 0 Å². The van der Waals surface area contributed by atoms with Gasteiger partial charge in [-0.25, -0.2) is 0 Å². The van der Waals surface area contributed by atoms with Crippen molar-refractivity contribution >= 4 is 23.2 Å². The van der Waals surface area contributed by atoms with Crippen molar-refractivity contribution in [1.29, 1.82) is 0 Å². The van der Waals surface area contributed by atoms with Gasteiger partial charge in [-0.2, -0.15) is 0 Å². The molecule has 44 heavy (non-hydrogen) atoms. The van der Waals surface area contributed by atoms with Crippen molar-refractivity contribution in [2.45, 2.75) is 39.2 Å². The SMILES string of the molecule is CCCCCc1ccc(C(=O)Nc2ccc(N3CCN(Cc4ccccc4)CC3)c(C(=O)NCCN3CCOCC3)c2)cc1. The molecule has 0 spiro atoms. The highest BCUT2D eigenvalue weighted by atomic mass is 16.5. The monoisotopic (exact) mass is 597 g/mol. The van der Waals surface area contributed by atoms with Crippen molar-refractivity contribution in [3.8, 4) is 0 Å². The van der Waals surface area contributed by atoms with E-state index >= 15 is 0 Å². The third-order valence-corrected chi connectivity index (χ3v) is 8.56. The summed E-state index contributed by atoms with van der Waals surface area (Å²) in [7, 11) is 0. The summed E-state index contributed by atoms with van der Waals surface area (Å²) in [6.45, 7) is 11.2. The third-order valence-electron chi connectivity index (χ3n) is 8.56. The van der Waals surface area contributed by atoms with E-state index in [9.17, 15) is 9.59 Å². The minimum atomic E-state index is -0.175. The molecule has 2 heterocycles. The molecule has 0 aliphatic carbocycles. The number of rotatable bonds is 13. The molecular weight excluding hydrogens is 550 g/mol. The maximum atomic E-state index is 13.6. The molecule has 0 saturated carbocycles. The van der Waals surface area contributed by atoms with Crippen molar-refractivity contribution in [2.24, 2.45) is 0 Å². The standard InChI is InChI=1S/C36H47N5O3/c1-2-3-5-8-29-11-13-31(14-12-29)35(42)38-32-15-16-34(33(27-32)36(43)37-17-18-39-23-25-44-26-24-39)41-21-19-40(20-22-41)28-30-9-6-4-7-10-30/h4,6-7,9-16,27H,2-3,5,8,17-26,28H2,1H3,(H,37,43)(H,38,42). The number of hydrogen-bond donors (Lipinski definition) is 2. The number of piperazine rings is 1. The summed E-state index contributed by atoms with van der Waals surface area (Å²) in [6.07, 6.45) is 4.60. The Morgan fingerprint density at radius 3 is 2.25 bits per heavy atom. The smallest absolute Gasteiger partial charge is 0.255 e. The number of morpholine rings is 1. The van der Waals surface area contributed by atoms with Crippen molar-refractivity contribution in [2.75, 3.05) is 75.8 Å². The summed E-state index contributed by atoms with van der Waals surface area (Å²) >= 11 is 0. The lowest BCUT2D eigenvalue weighted by molar-refractivity contribution is 0.0383. The molecule has 0 atom stereocenters. The Morgan fingerprint density at radius 1 is 0.773 bits per heavy atom. The Hall–Kier alpha value is -3.72. The van der Waals surface area contributed by atoms with E-state index in [1.165, 1.54) is 24.0 Å². The molecule has 3 aromatic carbocycles. The van der Waals surface area contributed by atoms with Gasteiger partial charge in [-0.3, -0.25) is 19.4 Å². The Morgan fingerprint density at radius 2 is 1.52 bits per heavy atom. The molecule has 2 N–H and O–H groups in total. The summed E-state index contributed by atoms with van der Waals surface area (Å²) < 4.78 is 5.45. The fourth-order valence-electron chi connectivity index (χ4n) is 5.91. The van der Waals surface area contributed by atoms with E-state index < -0.39 is 0 Å². The molecule has 0 radical (unpaired) electrons. The number of amides is 2. The zero-order chi connectivity index (χ0) is 30.6. The number of ether oxygens (including phenoxy) is 1. The van der Waals surface area contributed by atoms with Crippen LogP contribution in [0.15, 0.2) is 72.8 Å². The van der Waals surface area contributed by atoms with Crippen molar-refractivity contribution < 1.29 is 14.3 Å². The number of benzene rings is 3. The number of unbranched alkanes of at least 4 members (excludes halogenated alkanes) is 2. The van der Waals surface area contributed by atoms with Gasteiger partial charge in [0.05, 0.1) is 18.8 Å². The van der Waals surface area contributed by atoms with E-state index in [1.807, 2.05) is 48.5 Å². The van der Waals surface area contributed by atoms with Crippen LogP contribution in [0.3, 0.4) is 0 Å². The molecule has 8 heteroatoms. The number of nitrogens with zero attached hydrogens (tertiary/aromatic N) is 3. The maximum absolute atomic E-state index is 13.6. The predicted molar refractivity (Wildman–Crippen MR) is 178 cm³/mol. The molecule has 2 aliphatic heterocycles. The summed E-state index contributed by atoms with van der Waals surface area (Å²) in [5.74, 6) is -0.293. The van der Waals surface area contributed by atoms with Gasteiger partial charge in [0, 0.05) is 75.8 Å². The lowest BCUT2D eigenvalue weighted by atomic mass is 10.0.